The molecule has 0 fully saturated rings. The quantitative estimate of drug-likeness (QED) is 0.226. The molecule has 0 bridgehead atoms. The first-order chi connectivity index (χ1) is 16.6. The third-order valence-electron chi connectivity index (χ3n) is 5.61. The van der Waals surface area contributed by atoms with Gasteiger partial charge >= 0.3 is 5.97 Å². The lowest BCUT2D eigenvalue weighted by Gasteiger charge is -2.22. The molecule has 8 heteroatoms. The Bertz CT molecular complexity index is 1210. The molecule has 0 spiro atoms. The van der Waals surface area contributed by atoms with E-state index >= 15 is 0 Å². The predicted molar refractivity (Wildman–Crippen MR) is 135 cm³/mol. The van der Waals surface area contributed by atoms with E-state index in [1.807, 2.05) is 35.9 Å². The molecule has 35 heavy (non-hydrogen) atoms. The van der Waals surface area contributed by atoms with Crippen molar-refractivity contribution in [3.63, 3.8) is 0 Å². The van der Waals surface area contributed by atoms with Crippen molar-refractivity contribution in [3.05, 3.63) is 65.5 Å². The smallest absolute Gasteiger partial charge is 0.339 e. The minimum atomic E-state index is -0.744. The molecular formula is C27H33FN4O3. The van der Waals surface area contributed by atoms with Crippen LogP contribution in [0.4, 0.5) is 4.39 Å². The predicted octanol–water partition coefficient (Wildman–Crippen LogP) is 5.55. The fourth-order valence-corrected chi connectivity index (χ4v) is 3.92. The largest absolute Gasteiger partial charge is 0.456 e. The number of amides is 1. The van der Waals surface area contributed by atoms with Crippen molar-refractivity contribution in [2.75, 3.05) is 6.67 Å². The Labute approximate surface area is 205 Å². The van der Waals surface area contributed by atoms with E-state index in [1.54, 1.807) is 45.0 Å². The number of carbonyl (C=O) groups excluding carboxylic acids is 2. The topological polar surface area (TPSA) is 97.1 Å². The zero-order valence-corrected chi connectivity index (χ0v) is 20.7. The van der Waals surface area contributed by atoms with E-state index in [-0.39, 0.29) is 16.8 Å². The summed E-state index contributed by atoms with van der Waals surface area (Å²) in [5.74, 6) is -0.276. The highest BCUT2D eigenvalue weighted by Gasteiger charge is 2.26. The van der Waals surface area contributed by atoms with Crippen molar-refractivity contribution in [2.24, 2.45) is 7.05 Å². The van der Waals surface area contributed by atoms with E-state index in [4.69, 9.17) is 15.1 Å². The van der Waals surface area contributed by atoms with Crippen LogP contribution in [-0.2, 0) is 11.8 Å². The SMILES string of the molecule is Cn1c([C@H](CCCCC(=N)CF)NC(=O)c2ccccc2C(=O)OC(C)(C)C)nc2ccccc21. The summed E-state index contributed by atoms with van der Waals surface area (Å²) in [4.78, 5) is 30.9. The summed E-state index contributed by atoms with van der Waals surface area (Å²) >= 11 is 0. The van der Waals surface area contributed by atoms with Gasteiger partial charge in [0.1, 0.15) is 18.1 Å². The van der Waals surface area contributed by atoms with Gasteiger partial charge in [-0.2, -0.15) is 0 Å². The molecule has 1 atom stereocenters. The Hall–Kier alpha value is -3.55. The summed E-state index contributed by atoms with van der Waals surface area (Å²) in [5.41, 5.74) is 1.56. The Morgan fingerprint density at radius 1 is 1.09 bits per heavy atom. The molecular weight excluding hydrogens is 447 g/mol. The number of halogens is 1. The number of para-hydroxylation sites is 2. The third kappa shape index (κ3) is 6.74. The van der Waals surface area contributed by atoms with Gasteiger partial charge < -0.3 is 20.0 Å². The van der Waals surface area contributed by atoms with Gasteiger partial charge in [0.2, 0.25) is 0 Å². The molecule has 0 unspecified atom stereocenters. The average molecular weight is 481 g/mol. The maximum atomic E-state index is 13.4. The van der Waals surface area contributed by atoms with Crippen molar-refractivity contribution in [1.82, 2.24) is 14.9 Å². The fourth-order valence-electron chi connectivity index (χ4n) is 3.92. The second-order valence-corrected chi connectivity index (χ2v) is 9.57. The summed E-state index contributed by atoms with van der Waals surface area (Å²) in [6.07, 6.45) is 2.23. The molecule has 1 amide bonds. The number of benzene rings is 2. The first-order valence-electron chi connectivity index (χ1n) is 11.8. The van der Waals surface area contributed by atoms with Gasteiger partial charge in [-0.25, -0.2) is 14.2 Å². The highest BCUT2D eigenvalue weighted by atomic mass is 19.1. The van der Waals surface area contributed by atoms with Gasteiger partial charge in [0, 0.05) is 12.8 Å². The van der Waals surface area contributed by atoms with Gasteiger partial charge in [0.15, 0.2) is 0 Å². The highest BCUT2D eigenvalue weighted by molar-refractivity contribution is 6.05. The Balaban J connectivity index is 1.87. The van der Waals surface area contributed by atoms with Crippen LogP contribution in [0.25, 0.3) is 11.0 Å². The van der Waals surface area contributed by atoms with Crippen LogP contribution in [0.1, 0.15) is 79.0 Å². The van der Waals surface area contributed by atoms with Crippen molar-refractivity contribution in [3.8, 4) is 0 Å². The van der Waals surface area contributed by atoms with Crippen molar-refractivity contribution < 1.29 is 18.7 Å². The number of carbonyl (C=O) groups is 2. The lowest BCUT2D eigenvalue weighted by atomic mass is 10.0. The van der Waals surface area contributed by atoms with Gasteiger partial charge in [-0.05, 0) is 64.3 Å². The molecule has 1 aromatic heterocycles. The Kier molecular flexibility index (Phi) is 8.38. The number of hydrogen-bond acceptors (Lipinski definition) is 5. The maximum Gasteiger partial charge on any atom is 0.339 e. The molecule has 7 nitrogen and oxygen atoms in total. The number of rotatable bonds is 10. The van der Waals surface area contributed by atoms with Crippen LogP contribution < -0.4 is 5.32 Å². The van der Waals surface area contributed by atoms with E-state index < -0.39 is 30.2 Å². The number of esters is 1. The molecule has 0 saturated heterocycles. The number of nitrogens with one attached hydrogen (secondary N) is 2. The second kappa shape index (κ2) is 11.3. The molecule has 1 heterocycles. The summed E-state index contributed by atoms with van der Waals surface area (Å²) in [6, 6.07) is 13.9. The number of fused-ring (bicyclic) bond motifs is 1. The summed E-state index contributed by atoms with van der Waals surface area (Å²) in [6.45, 7) is 4.58. The van der Waals surface area contributed by atoms with E-state index in [1.165, 1.54) is 0 Å². The van der Waals surface area contributed by atoms with Crippen LogP contribution >= 0.6 is 0 Å². The van der Waals surface area contributed by atoms with Crippen LogP contribution in [0.5, 0.6) is 0 Å². The number of aromatic nitrogens is 2. The first kappa shape index (κ1) is 26.1. The summed E-state index contributed by atoms with van der Waals surface area (Å²) < 4.78 is 20.1. The monoisotopic (exact) mass is 480 g/mol. The highest BCUT2D eigenvalue weighted by Crippen LogP contribution is 2.25. The molecule has 0 aliphatic carbocycles. The zero-order chi connectivity index (χ0) is 25.6. The molecule has 3 rings (SSSR count). The lowest BCUT2D eigenvalue weighted by Crippen LogP contribution is -2.32. The normalized spacial score (nSPS) is 12.4. The summed E-state index contributed by atoms with van der Waals surface area (Å²) in [7, 11) is 1.90. The minimum Gasteiger partial charge on any atom is -0.456 e. The van der Waals surface area contributed by atoms with Crippen molar-refractivity contribution in [2.45, 2.75) is 58.1 Å². The maximum absolute atomic E-state index is 13.4. The molecule has 0 saturated carbocycles. The number of nitrogens with zero attached hydrogens (tertiary/aromatic N) is 2. The number of ether oxygens (including phenoxy) is 1. The van der Waals surface area contributed by atoms with E-state index in [9.17, 15) is 14.0 Å². The average Bonchev–Trinajstić information content (AvgIpc) is 3.16. The van der Waals surface area contributed by atoms with Crippen LogP contribution in [0.3, 0.4) is 0 Å². The minimum absolute atomic E-state index is 0.0691. The van der Waals surface area contributed by atoms with Gasteiger partial charge in [-0.15, -0.1) is 0 Å². The molecule has 186 valence electrons. The lowest BCUT2D eigenvalue weighted by molar-refractivity contribution is 0.00674. The number of imidazole rings is 1. The molecule has 0 radical (unpaired) electrons. The Morgan fingerprint density at radius 3 is 2.40 bits per heavy atom. The molecule has 2 N–H and O–H groups in total. The molecule has 2 aromatic carbocycles. The van der Waals surface area contributed by atoms with Crippen LogP contribution in [-0.4, -0.2) is 39.4 Å². The zero-order valence-electron chi connectivity index (χ0n) is 20.7. The van der Waals surface area contributed by atoms with Crippen LogP contribution in [0, 0.1) is 5.41 Å². The van der Waals surface area contributed by atoms with Crippen LogP contribution in [0.2, 0.25) is 0 Å². The van der Waals surface area contributed by atoms with E-state index in [0.29, 0.717) is 31.5 Å². The van der Waals surface area contributed by atoms with Gasteiger partial charge in [0.25, 0.3) is 5.91 Å². The number of unbranched alkanes of at least 4 members (excludes halogenated alkanes) is 1. The summed E-state index contributed by atoms with van der Waals surface area (Å²) in [5, 5.41) is 10.6. The molecule has 0 aliphatic rings. The molecule has 0 aliphatic heterocycles. The van der Waals surface area contributed by atoms with Crippen LogP contribution in [0.15, 0.2) is 48.5 Å². The first-order valence-corrected chi connectivity index (χ1v) is 11.8. The third-order valence-corrected chi connectivity index (χ3v) is 5.61. The standard InChI is InChI=1S/C27H33FN4O3/c1-27(2,3)35-26(34)20-13-7-6-12-19(20)25(33)31-22(15-8-5-11-18(29)17-28)24-30-21-14-9-10-16-23(21)32(24)4/h6-7,9-10,12-14,16,22,29H,5,8,11,15,17H2,1-4H3,(H,31,33)/t22-/m0/s1. The number of alkyl halides is 1. The van der Waals surface area contributed by atoms with E-state index in [0.717, 1.165) is 11.0 Å². The number of hydrogen-bond donors (Lipinski definition) is 2. The Morgan fingerprint density at radius 2 is 1.74 bits per heavy atom. The van der Waals surface area contributed by atoms with E-state index in [2.05, 4.69) is 5.32 Å². The second-order valence-electron chi connectivity index (χ2n) is 9.57. The number of aryl methyl sites for hydroxylation is 1. The van der Waals surface area contributed by atoms with Gasteiger partial charge in [-0.3, -0.25) is 4.79 Å². The van der Waals surface area contributed by atoms with Gasteiger partial charge in [-0.1, -0.05) is 30.7 Å². The van der Waals surface area contributed by atoms with Crippen molar-refractivity contribution in [1.29, 1.82) is 5.41 Å². The van der Waals surface area contributed by atoms with Crippen molar-refractivity contribution >= 4 is 28.6 Å². The molecule has 3 aromatic rings. The fraction of sp³-hybridized carbons (Fsp3) is 0.407. The van der Waals surface area contributed by atoms with Gasteiger partial charge in [0.05, 0.1) is 28.2 Å².